The van der Waals surface area contributed by atoms with Gasteiger partial charge in [-0.15, -0.1) is 0 Å². The Kier molecular flexibility index (Phi) is 3.26. The molecule has 0 bridgehead atoms. The molecule has 0 unspecified atom stereocenters. The van der Waals surface area contributed by atoms with Crippen molar-refractivity contribution in [2.45, 2.75) is 32.7 Å². The molecule has 116 valence electrons. The normalized spacial score (nSPS) is 21.0. The highest BCUT2D eigenvalue weighted by Gasteiger charge is 2.22. The zero-order chi connectivity index (χ0) is 15.3. The third-order valence-electron chi connectivity index (χ3n) is 5.23. The molecule has 1 fully saturated rings. The van der Waals surface area contributed by atoms with Crippen LogP contribution in [-0.2, 0) is 13.0 Å². The zero-order valence-corrected chi connectivity index (χ0v) is 13.9. The SMILES string of the molecule is Cc1ccc2c(c1)c1c(n2C=C2CCCN2C)CCN(C)C1. The molecule has 0 atom stereocenters. The number of allylic oxidation sites excluding steroid dienone is 1. The van der Waals surface area contributed by atoms with E-state index in [-0.39, 0.29) is 0 Å². The third-order valence-corrected chi connectivity index (χ3v) is 5.23. The lowest BCUT2D eigenvalue weighted by Crippen LogP contribution is -2.27. The van der Waals surface area contributed by atoms with Crippen molar-refractivity contribution in [3.8, 4) is 0 Å². The summed E-state index contributed by atoms with van der Waals surface area (Å²) in [7, 11) is 4.44. The van der Waals surface area contributed by atoms with E-state index in [2.05, 4.69) is 59.8 Å². The van der Waals surface area contributed by atoms with E-state index >= 15 is 0 Å². The van der Waals surface area contributed by atoms with Crippen LogP contribution in [0.1, 0.15) is 29.7 Å². The highest BCUT2D eigenvalue weighted by Crippen LogP contribution is 2.33. The van der Waals surface area contributed by atoms with Crippen molar-refractivity contribution in [1.29, 1.82) is 0 Å². The molecule has 2 aromatic rings. The number of fused-ring (bicyclic) bond motifs is 3. The third kappa shape index (κ3) is 2.15. The number of likely N-dealkylation sites (tertiary alicyclic amines) is 1. The molecule has 4 rings (SSSR count). The van der Waals surface area contributed by atoms with Gasteiger partial charge in [-0.1, -0.05) is 11.6 Å². The van der Waals surface area contributed by atoms with Crippen LogP contribution in [0.15, 0.2) is 23.9 Å². The fourth-order valence-corrected chi connectivity index (χ4v) is 3.93. The van der Waals surface area contributed by atoms with Crippen LogP contribution in [0.25, 0.3) is 17.1 Å². The van der Waals surface area contributed by atoms with E-state index in [1.165, 1.54) is 52.8 Å². The topological polar surface area (TPSA) is 11.4 Å². The Morgan fingerprint density at radius 1 is 1.09 bits per heavy atom. The average molecular weight is 295 g/mol. The predicted octanol–water partition coefficient (Wildman–Crippen LogP) is 3.46. The lowest BCUT2D eigenvalue weighted by molar-refractivity contribution is 0.312. The van der Waals surface area contributed by atoms with Crippen molar-refractivity contribution in [1.82, 2.24) is 14.4 Å². The van der Waals surface area contributed by atoms with Gasteiger partial charge >= 0.3 is 0 Å². The number of benzene rings is 1. The first kappa shape index (κ1) is 13.9. The number of aryl methyl sites for hydroxylation is 1. The van der Waals surface area contributed by atoms with Gasteiger partial charge in [0.15, 0.2) is 0 Å². The minimum atomic E-state index is 1.07. The molecule has 3 heterocycles. The van der Waals surface area contributed by atoms with Gasteiger partial charge in [0.2, 0.25) is 0 Å². The summed E-state index contributed by atoms with van der Waals surface area (Å²) in [4.78, 5) is 4.84. The van der Waals surface area contributed by atoms with Crippen LogP contribution >= 0.6 is 0 Å². The predicted molar refractivity (Wildman–Crippen MR) is 92.9 cm³/mol. The van der Waals surface area contributed by atoms with Crippen LogP contribution in [-0.4, -0.2) is 41.6 Å². The Bertz CT molecular complexity index is 754. The first-order valence-electron chi connectivity index (χ1n) is 8.36. The molecule has 1 aromatic heterocycles. The molecule has 0 N–H and O–H groups in total. The molecular weight excluding hydrogens is 270 g/mol. The lowest BCUT2D eigenvalue weighted by Gasteiger charge is -2.24. The van der Waals surface area contributed by atoms with Gasteiger partial charge in [-0.25, -0.2) is 0 Å². The standard InChI is InChI=1S/C19H25N3/c1-14-6-7-18-16(11-14)17-13-20(2)10-8-19(17)22(18)12-15-5-4-9-21(15)3/h6-7,11-12H,4-5,8-10,13H2,1-3H3. The van der Waals surface area contributed by atoms with Crippen LogP contribution in [0.2, 0.25) is 0 Å². The Morgan fingerprint density at radius 3 is 2.73 bits per heavy atom. The summed E-state index contributed by atoms with van der Waals surface area (Å²) in [5.41, 5.74) is 7.25. The first-order chi connectivity index (χ1) is 10.6. The maximum absolute atomic E-state index is 2.48. The van der Waals surface area contributed by atoms with Gasteiger partial charge in [-0.05, 0) is 44.5 Å². The van der Waals surface area contributed by atoms with Crippen molar-refractivity contribution in [3.05, 3.63) is 40.7 Å². The van der Waals surface area contributed by atoms with E-state index in [1.54, 1.807) is 0 Å². The summed E-state index contributed by atoms with van der Waals surface area (Å²) in [6.07, 6.45) is 6.03. The second kappa shape index (κ2) is 5.17. The quantitative estimate of drug-likeness (QED) is 0.798. The Balaban J connectivity index is 1.94. The second-order valence-electron chi connectivity index (χ2n) is 6.95. The number of aromatic nitrogens is 1. The van der Waals surface area contributed by atoms with Gasteiger partial charge in [0, 0.05) is 56.1 Å². The summed E-state index contributed by atoms with van der Waals surface area (Å²) < 4.78 is 2.48. The molecule has 1 saturated heterocycles. The molecule has 2 aliphatic rings. The number of rotatable bonds is 1. The summed E-state index contributed by atoms with van der Waals surface area (Å²) in [6.45, 7) is 5.61. The highest BCUT2D eigenvalue weighted by molar-refractivity contribution is 5.88. The van der Waals surface area contributed by atoms with Gasteiger partial charge in [0.05, 0.1) is 5.52 Å². The minimum absolute atomic E-state index is 1.07. The zero-order valence-electron chi connectivity index (χ0n) is 13.9. The van der Waals surface area contributed by atoms with Crippen molar-refractivity contribution in [2.75, 3.05) is 27.2 Å². The van der Waals surface area contributed by atoms with E-state index in [4.69, 9.17) is 0 Å². The van der Waals surface area contributed by atoms with Crippen LogP contribution in [0.3, 0.4) is 0 Å². The van der Waals surface area contributed by atoms with E-state index in [1.807, 2.05) is 0 Å². The van der Waals surface area contributed by atoms with E-state index in [0.29, 0.717) is 0 Å². The molecule has 22 heavy (non-hydrogen) atoms. The smallest absolute Gasteiger partial charge is 0.0529 e. The van der Waals surface area contributed by atoms with E-state index in [0.717, 1.165) is 19.5 Å². The molecule has 3 heteroatoms. The van der Waals surface area contributed by atoms with Gasteiger partial charge in [0.25, 0.3) is 0 Å². The Labute approximate surface area is 132 Å². The molecule has 0 saturated carbocycles. The molecule has 0 aliphatic carbocycles. The Morgan fingerprint density at radius 2 is 1.95 bits per heavy atom. The average Bonchev–Trinajstić information content (AvgIpc) is 3.02. The molecule has 0 spiro atoms. The fourth-order valence-electron chi connectivity index (χ4n) is 3.93. The van der Waals surface area contributed by atoms with Crippen LogP contribution in [0.4, 0.5) is 0 Å². The minimum Gasteiger partial charge on any atom is -0.377 e. The lowest BCUT2D eigenvalue weighted by atomic mass is 10.0. The number of hydrogen-bond donors (Lipinski definition) is 0. The number of likely N-dealkylation sites (N-methyl/N-ethyl adjacent to an activating group) is 1. The maximum Gasteiger partial charge on any atom is 0.0529 e. The van der Waals surface area contributed by atoms with Gasteiger partial charge in [-0.3, -0.25) is 0 Å². The molecule has 2 aliphatic heterocycles. The van der Waals surface area contributed by atoms with Crippen LogP contribution in [0.5, 0.6) is 0 Å². The number of nitrogens with zero attached hydrogens (tertiary/aromatic N) is 3. The molecule has 0 radical (unpaired) electrons. The first-order valence-corrected chi connectivity index (χ1v) is 8.36. The van der Waals surface area contributed by atoms with E-state index in [9.17, 15) is 0 Å². The maximum atomic E-state index is 2.48. The largest absolute Gasteiger partial charge is 0.377 e. The second-order valence-corrected chi connectivity index (χ2v) is 6.95. The van der Waals surface area contributed by atoms with Crippen LogP contribution in [0, 0.1) is 6.92 Å². The van der Waals surface area contributed by atoms with Crippen LogP contribution < -0.4 is 0 Å². The van der Waals surface area contributed by atoms with Crippen molar-refractivity contribution in [2.24, 2.45) is 0 Å². The summed E-state index contributed by atoms with van der Waals surface area (Å²) >= 11 is 0. The highest BCUT2D eigenvalue weighted by atomic mass is 15.2. The Hall–Kier alpha value is -1.74. The number of hydrogen-bond acceptors (Lipinski definition) is 2. The molecule has 0 amide bonds. The van der Waals surface area contributed by atoms with E-state index < -0.39 is 0 Å². The molecular formula is C19H25N3. The summed E-state index contributed by atoms with van der Waals surface area (Å²) in [5.74, 6) is 0. The summed E-state index contributed by atoms with van der Waals surface area (Å²) in [5, 5.41) is 1.44. The fraction of sp³-hybridized carbons (Fsp3) is 0.474. The van der Waals surface area contributed by atoms with Crippen molar-refractivity contribution in [3.63, 3.8) is 0 Å². The van der Waals surface area contributed by atoms with Crippen molar-refractivity contribution < 1.29 is 0 Å². The van der Waals surface area contributed by atoms with Gasteiger partial charge in [0.1, 0.15) is 0 Å². The van der Waals surface area contributed by atoms with Gasteiger partial charge in [-0.2, -0.15) is 0 Å². The monoisotopic (exact) mass is 295 g/mol. The molecule has 1 aromatic carbocycles. The van der Waals surface area contributed by atoms with Crippen molar-refractivity contribution >= 4 is 17.1 Å². The van der Waals surface area contributed by atoms with Gasteiger partial charge < -0.3 is 14.4 Å². The summed E-state index contributed by atoms with van der Waals surface area (Å²) in [6, 6.07) is 6.90. The molecule has 3 nitrogen and oxygen atoms in total.